The average molecular weight is 331 g/mol. The van der Waals surface area contributed by atoms with Crippen LogP contribution in [0, 0.1) is 0 Å². The largest absolute Gasteiger partial charge is 0.464 e. The van der Waals surface area contributed by atoms with E-state index in [-0.39, 0.29) is 6.61 Å². The Bertz CT molecular complexity index is 256. The number of esters is 1. The first-order valence-corrected chi connectivity index (χ1v) is 10.0. The van der Waals surface area contributed by atoms with Crippen LogP contribution in [0.2, 0.25) is 0 Å². The van der Waals surface area contributed by atoms with E-state index >= 15 is 0 Å². The van der Waals surface area contributed by atoms with Gasteiger partial charge in [-0.2, -0.15) is 0 Å². The molecule has 0 aliphatic rings. The van der Waals surface area contributed by atoms with Crippen LogP contribution in [0.1, 0.15) is 110 Å². The molecular weight excluding hydrogens is 291 g/mol. The molecule has 0 spiro atoms. The van der Waals surface area contributed by atoms with Crippen LogP contribution in [0.5, 0.6) is 0 Å². The molecule has 0 bridgehead atoms. The minimum absolute atomic E-state index is 0.262. The zero-order valence-corrected chi connectivity index (χ0v) is 15.6. The van der Waals surface area contributed by atoms with E-state index in [2.05, 4.69) is 11.7 Å². The van der Waals surface area contributed by atoms with E-state index in [0.717, 1.165) is 19.3 Å². The highest BCUT2D eigenvalue weighted by molar-refractivity contribution is 5.74. The normalized spacial score (nSPS) is 12.3. The second-order valence-electron chi connectivity index (χ2n) is 6.60. The van der Waals surface area contributed by atoms with E-state index < -0.39 is 12.1 Å². The molecule has 0 rings (SSSR count). The molecule has 3 heteroatoms. The van der Waals surface area contributed by atoms with Crippen LogP contribution in [0.25, 0.3) is 0 Å². The maximum Gasteiger partial charge on any atom is 0.340 e. The lowest BCUT2D eigenvalue weighted by molar-refractivity contribution is -0.149. The summed E-state index contributed by atoms with van der Waals surface area (Å²) in [5, 5.41) is 0. The van der Waals surface area contributed by atoms with Gasteiger partial charge in [0.15, 0.2) is 6.17 Å². The van der Waals surface area contributed by atoms with Gasteiger partial charge in [-0.15, -0.1) is 0 Å². The van der Waals surface area contributed by atoms with Crippen LogP contribution in [0.4, 0.5) is 4.39 Å². The zero-order valence-electron chi connectivity index (χ0n) is 15.6. The Morgan fingerprint density at radius 3 is 1.52 bits per heavy atom. The van der Waals surface area contributed by atoms with Gasteiger partial charge < -0.3 is 4.74 Å². The number of hydrogen-bond acceptors (Lipinski definition) is 2. The van der Waals surface area contributed by atoms with E-state index in [0.29, 0.717) is 6.42 Å². The second kappa shape index (κ2) is 17.7. The van der Waals surface area contributed by atoms with E-state index in [4.69, 9.17) is 0 Å². The van der Waals surface area contributed by atoms with Crippen molar-refractivity contribution in [2.75, 3.05) is 6.61 Å². The van der Waals surface area contributed by atoms with E-state index in [1.807, 2.05) is 0 Å². The van der Waals surface area contributed by atoms with Gasteiger partial charge in [-0.05, 0) is 19.8 Å². The summed E-state index contributed by atoms with van der Waals surface area (Å²) < 4.78 is 18.0. The lowest BCUT2D eigenvalue weighted by Crippen LogP contribution is -2.18. The van der Waals surface area contributed by atoms with Gasteiger partial charge >= 0.3 is 5.97 Å². The molecule has 1 atom stereocenters. The summed E-state index contributed by atoms with van der Waals surface area (Å²) >= 11 is 0. The van der Waals surface area contributed by atoms with Gasteiger partial charge in [0, 0.05) is 0 Å². The van der Waals surface area contributed by atoms with Gasteiger partial charge in [0.2, 0.25) is 0 Å². The van der Waals surface area contributed by atoms with Gasteiger partial charge in [0.25, 0.3) is 0 Å². The van der Waals surface area contributed by atoms with Crippen molar-refractivity contribution in [3.05, 3.63) is 0 Å². The standard InChI is InChI=1S/C20H39FO2/c1-3-5-6-7-8-9-10-11-12-13-14-15-16-17-18-19(21)20(22)23-4-2/h19H,3-18H2,1-2H3. The Labute approximate surface area is 143 Å². The molecule has 0 saturated heterocycles. The number of hydrogen-bond donors (Lipinski definition) is 0. The minimum Gasteiger partial charge on any atom is -0.464 e. The Hall–Kier alpha value is -0.600. The number of carbonyl (C=O) groups is 1. The summed E-state index contributed by atoms with van der Waals surface area (Å²) in [4.78, 5) is 11.1. The van der Waals surface area contributed by atoms with E-state index in [1.54, 1.807) is 6.92 Å². The first-order chi connectivity index (χ1) is 11.2. The Morgan fingerprint density at radius 2 is 1.13 bits per heavy atom. The van der Waals surface area contributed by atoms with Gasteiger partial charge in [-0.1, -0.05) is 90.4 Å². The number of alkyl halides is 1. The third-order valence-electron chi connectivity index (χ3n) is 4.35. The Balaban J connectivity index is 3.14. The average Bonchev–Trinajstić information content (AvgIpc) is 2.55. The molecule has 0 amide bonds. The lowest BCUT2D eigenvalue weighted by atomic mass is 10.0. The van der Waals surface area contributed by atoms with Gasteiger partial charge in [-0.25, -0.2) is 9.18 Å². The maximum atomic E-state index is 13.4. The molecule has 2 nitrogen and oxygen atoms in total. The molecule has 0 saturated carbocycles. The summed E-state index contributed by atoms with van der Waals surface area (Å²) in [6.45, 7) is 4.23. The summed E-state index contributed by atoms with van der Waals surface area (Å²) in [5.41, 5.74) is 0. The van der Waals surface area contributed by atoms with E-state index in [9.17, 15) is 9.18 Å². The molecular formula is C20H39FO2. The predicted molar refractivity (Wildman–Crippen MR) is 96.5 cm³/mol. The lowest BCUT2D eigenvalue weighted by Gasteiger charge is -2.07. The predicted octanol–water partition coefficient (Wildman–Crippen LogP) is 6.76. The molecule has 0 radical (unpaired) electrons. The second-order valence-corrected chi connectivity index (χ2v) is 6.60. The fourth-order valence-corrected chi connectivity index (χ4v) is 2.87. The first kappa shape index (κ1) is 22.4. The SMILES string of the molecule is CCCCCCCCCCCCCCCCC(F)C(=O)OCC. The van der Waals surface area contributed by atoms with Gasteiger partial charge in [0.05, 0.1) is 6.61 Å². The van der Waals surface area contributed by atoms with Crippen molar-refractivity contribution in [2.24, 2.45) is 0 Å². The smallest absolute Gasteiger partial charge is 0.340 e. The molecule has 1 unspecified atom stereocenters. The van der Waals surface area contributed by atoms with Crippen molar-refractivity contribution >= 4 is 5.97 Å². The number of rotatable bonds is 17. The molecule has 0 aromatic carbocycles. The highest BCUT2D eigenvalue weighted by Crippen LogP contribution is 2.14. The summed E-state index contributed by atoms with van der Waals surface area (Å²) in [6.07, 6.45) is 16.8. The molecule has 0 aliphatic heterocycles. The molecule has 0 heterocycles. The third kappa shape index (κ3) is 16.1. The minimum atomic E-state index is -1.42. The number of unbranched alkanes of at least 4 members (excludes halogenated alkanes) is 13. The van der Waals surface area contributed by atoms with Gasteiger partial charge in [0.1, 0.15) is 0 Å². The number of carbonyl (C=O) groups excluding carboxylic acids is 1. The molecule has 0 N–H and O–H groups in total. The van der Waals surface area contributed by atoms with Crippen molar-refractivity contribution in [3.8, 4) is 0 Å². The number of halogens is 1. The molecule has 0 aliphatic carbocycles. The van der Waals surface area contributed by atoms with E-state index in [1.165, 1.54) is 70.6 Å². The van der Waals surface area contributed by atoms with Crippen LogP contribution in [0.3, 0.4) is 0 Å². The number of ether oxygens (including phenoxy) is 1. The Kier molecular flexibility index (Phi) is 17.3. The third-order valence-corrected chi connectivity index (χ3v) is 4.35. The first-order valence-electron chi connectivity index (χ1n) is 10.0. The fourth-order valence-electron chi connectivity index (χ4n) is 2.87. The summed E-state index contributed by atoms with van der Waals surface area (Å²) in [7, 11) is 0. The van der Waals surface area contributed by atoms with Crippen LogP contribution in [0.15, 0.2) is 0 Å². The van der Waals surface area contributed by atoms with Crippen LogP contribution in [-0.2, 0) is 9.53 Å². The zero-order chi connectivity index (χ0) is 17.2. The van der Waals surface area contributed by atoms with Crippen molar-refractivity contribution in [2.45, 2.75) is 116 Å². The Morgan fingerprint density at radius 1 is 0.739 bits per heavy atom. The summed E-state index contributed by atoms with van der Waals surface area (Å²) in [5.74, 6) is -0.692. The van der Waals surface area contributed by atoms with Crippen LogP contribution in [-0.4, -0.2) is 18.7 Å². The molecule has 138 valence electrons. The highest BCUT2D eigenvalue weighted by atomic mass is 19.1. The van der Waals surface area contributed by atoms with Crippen molar-refractivity contribution in [3.63, 3.8) is 0 Å². The molecule has 0 aromatic heterocycles. The highest BCUT2D eigenvalue weighted by Gasteiger charge is 2.17. The van der Waals surface area contributed by atoms with Crippen molar-refractivity contribution < 1.29 is 13.9 Å². The molecule has 23 heavy (non-hydrogen) atoms. The molecule has 0 fully saturated rings. The quantitative estimate of drug-likeness (QED) is 0.217. The summed E-state index contributed by atoms with van der Waals surface area (Å²) in [6, 6.07) is 0. The maximum absolute atomic E-state index is 13.4. The van der Waals surface area contributed by atoms with Crippen LogP contribution >= 0.6 is 0 Å². The van der Waals surface area contributed by atoms with Crippen molar-refractivity contribution in [1.29, 1.82) is 0 Å². The van der Waals surface area contributed by atoms with Gasteiger partial charge in [-0.3, -0.25) is 0 Å². The van der Waals surface area contributed by atoms with Crippen LogP contribution < -0.4 is 0 Å². The molecule has 0 aromatic rings. The van der Waals surface area contributed by atoms with Crippen molar-refractivity contribution in [1.82, 2.24) is 0 Å². The fraction of sp³-hybridized carbons (Fsp3) is 0.950. The monoisotopic (exact) mass is 330 g/mol. The topological polar surface area (TPSA) is 26.3 Å².